The van der Waals surface area contributed by atoms with E-state index in [2.05, 4.69) is 40.6 Å². The Morgan fingerprint density at radius 2 is 2.18 bits per heavy atom. The van der Waals surface area contributed by atoms with Crippen molar-refractivity contribution < 1.29 is 14.3 Å². The van der Waals surface area contributed by atoms with E-state index in [0.717, 1.165) is 59.4 Å². The van der Waals surface area contributed by atoms with Crippen LogP contribution >= 0.6 is 0 Å². The van der Waals surface area contributed by atoms with Crippen LogP contribution in [0.3, 0.4) is 0 Å². The molecule has 6 heteroatoms. The lowest BCUT2D eigenvalue weighted by molar-refractivity contribution is -0.118. The molecule has 0 saturated carbocycles. The summed E-state index contributed by atoms with van der Waals surface area (Å²) in [5.74, 6) is 1.35. The normalized spacial score (nSPS) is 18.1. The first-order valence-corrected chi connectivity index (χ1v) is 9.79. The lowest BCUT2D eigenvalue weighted by atomic mass is 9.99. The fourth-order valence-corrected chi connectivity index (χ4v) is 3.83. The van der Waals surface area contributed by atoms with E-state index in [1.807, 2.05) is 6.07 Å². The number of carbonyl (C=O) groups is 1. The molecule has 0 fully saturated rings. The molecular formula is C22H25N3O3. The molecule has 1 N–H and O–H groups in total. The molecule has 0 saturated heterocycles. The van der Waals surface area contributed by atoms with E-state index in [1.54, 1.807) is 13.2 Å². The topological polar surface area (TPSA) is 73.3 Å². The molecule has 2 aliphatic rings. The number of hydrogen-bond acceptors (Lipinski definition) is 5. The molecule has 28 heavy (non-hydrogen) atoms. The van der Waals surface area contributed by atoms with Crippen molar-refractivity contribution in [2.45, 2.75) is 45.1 Å². The van der Waals surface area contributed by atoms with Crippen molar-refractivity contribution in [2.75, 3.05) is 13.7 Å². The number of rotatable bonds is 5. The largest absolute Gasteiger partial charge is 0.487 e. The van der Waals surface area contributed by atoms with Crippen LogP contribution in [0.15, 0.2) is 35.9 Å². The molecule has 1 aliphatic carbocycles. The van der Waals surface area contributed by atoms with Gasteiger partial charge in [-0.05, 0) is 55.9 Å². The molecule has 0 bridgehead atoms. The second-order valence-corrected chi connectivity index (χ2v) is 7.39. The first kappa shape index (κ1) is 18.5. The maximum absolute atomic E-state index is 12.4. The minimum absolute atomic E-state index is 0.0386. The SMILES string of the molecule is COc1ccc(-c2cc(C)cc3c2O[C@@H](CNC(=O)C2=CCCCC2)C3)nn1. The molecule has 1 atom stereocenters. The van der Waals surface area contributed by atoms with Crippen molar-refractivity contribution in [2.24, 2.45) is 0 Å². The van der Waals surface area contributed by atoms with Crippen LogP contribution in [0.1, 0.15) is 36.8 Å². The van der Waals surface area contributed by atoms with Crippen LogP contribution in [0.5, 0.6) is 11.6 Å². The number of aryl methyl sites for hydroxylation is 1. The van der Waals surface area contributed by atoms with E-state index in [-0.39, 0.29) is 12.0 Å². The lowest BCUT2D eigenvalue weighted by Crippen LogP contribution is -2.35. The molecule has 2 heterocycles. The number of allylic oxidation sites excluding steroid dienone is 1. The van der Waals surface area contributed by atoms with Gasteiger partial charge in [-0.15, -0.1) is 10.2 Å². The van der Waals surface area contributed by atoms with Gasteiger partial charge in [-0.2, -0.15) is 0 Å². The zero-order valence-electron chi connectivity index (χ0n) is 16.3. The van der Waals surface area contributed by atoms with Gasteiger partial charge in [0, 0.05) is 23.6 Å². The zero-order valence-corrected chi connectivity index (χ0v) is 16.3. The number of aromatic nitrogens is 2. The van der Waals surface area contributed by atoms with Crippen LogP contribution in [0.2, 0.25) is 0 Å². The number of fused-ring (bicyclic) bond motifs is 1. The number of hydrogen-bond donors (Lipinski definition) is 1. The molecule has 4 rings (SSSR count). The summed E-state index contributed by atoms with van der Waals surface area (Å²) in [6, 6.07) is 7.88. The van der Waals surface area contributed by atoms with Crippen molar-refractivity contribution in [3.63, 3.8) is 0 Å². The average molecular weight is 379 g/mol. The second kappa shape index (κ2) is 8.00. The molecule has 0 spiro atoms. The number of benzene rings is 1. The molecule has 1 aromatic heterocycles. The van der Waals surface area contributed by atoms with Crippen molar-refractivity contribution >= 4 is 5.91 Å². The van der Waals surface area contributed by atoms with Gasteiger partial charge >= 0.3 is 0 Å². The third-order valence-corrected chi connectivity index (χ3v) is 5.24. The van der Waals surface area contributed by atoms with E-state index in [0.29, 0.717) is 12.4 Å². The van der Waals surface area contributed by atoms with Crippen LogP contribution in [0.25, 0.3) is 11.3 Å². The summed E-state index contributed by atoms with van der Waals surface area (Å²) in [4.78, 5) is 12.4. The van der Waals surface area contributed by atoms with Crippen LogP contribution in [-0.4, -0.2) is 35.9 Å². The summed E-state index contributed by atoms with van der Waals surface area (Å²) < 4.78 is 11.3. The fraction of sp³-hybridized carbons (Fsp3) is 0.409. The number of amides is 1. The van der Waals surface area contributed by atoms with Crippen LogP contribution in [-0.2, 0) is 11.2 Å². The highest BCUT2D eigenvalue weighted by Gasteiger charge is 2.27. The zero-order chi connectivity index (χ0) is 19.5. The van der Waals surface area contributed by atoms with E-state index in [1.165, 1.54) is 6.42 Å². The number of nitrogens with zero attached hydrogens (tertiary/aromatic N) is 2. The van der Waals surface area contributed by atoms with Crippen molar-refractivity contribution in [1.29, 1.82) is 0 Å². The summed E-state index contributed by atoms with van der Waals surface area (Å²) in [5, 5.41) is 11.4. The smallest absolute Gasteiger partial charge is 0.247 e. The Hall–Kier alpha value is -2.89. The van der Waals surface area contributed by atoms with Gasteiger partial charge < -0.3 is 14.8 Å². The van der Waals surface area contributed by atoms with Crippen LogP contribution in [0, 0.1) is 6.92 Å². The van der Waals surface area contributed by atoms with Gasteiger partial charge in [-0.3, -0.25) is 4.79 Å². The van der Waals surface area contributed by atoms with Crippen molar-refractivity contribution in [1.82, 2.24) is 15.5 Å². The average Bonchev–Trinajstić information content (AvgIpc) is 3.15. The Bertz CT molecular complexity index is 906. The molecule has 2 aromatic rings. The quantitative estimate of drug-likeness (QED) is 0.862. The van der Waals surface area contributed by atoms with Gasteiger partial charge in [0.25, 0.3) is 0 Å². The van der Waals surface area contributed by atoms with Gasteiger partial charge in [-0.1, -0.05) is 12.1 Å². The number of methoxy groups -OCH3 is 1. The van der Waals surface area contributed by atoms with Gasteiger partial charge in [0.1, 0.15) is 11.9 Å². The number of nitrogens with one attached hydrogen (secondary N) is 1. The summed E-state index contributed by atoms with van der Waals surface area (Å²) >= 11 is 0. The highest BCUT2D eigenvalue weighted by atomic mass is 16.5. The first-order chi connectivity index (χ1) is 13.6. The molecule has 1 aromatic carbocycles. The van der Waals surface area contributed by atoms with E-state index in [4.69, 9.17) is 9.47 Å². The number of carbonyl (C=O) groups excluding carboxylic acids is 1. The summed E-state index contributed by atoms with van der Waals surface area (Å²) in [5.41, 5.74) is 4.87. The van der Waals surface area contributed by atoms with Crippen molar-refractivity contribution in [3.05, 3.63) is 47.0 Å². The lowest BCUT2D eigenvalue weighted by Gasteiger charge is -2.16. The van der Waals surface area contributed by atoms with Crippen molar-refractivity contribution in [3.8, 4) is 22.9 Å². The Labute approximate surface area is 165 Å². The third-order valence-electron chi connectivity index (χ3n) is 5.24. The highest BCUT2D eigenvalue weighted by Crippen LogP contribution is 2.39. The Kier molecular flexibility index (Phi) is 5.28. The Morgan fingerprint density at radius 1 is 1.29 bits per heavy atom. The predicted molar refractivity (Wildman–Crippen MR) is 106 cm³/mol. The molecule has 146 valence electrons. The highest BCUT2D eigenvalue weighted by molar-refractivity contribution is 5.93. The minimum atomic E-state index is -0.0742. The summed E-state index contributed by atoms with van der Waals surface area (Å²) in [6.07, 6.45) is 6.90. The van der Waals surface area contributed by atoms with Gasteiger partial charge in [0.15, 0.2) is 0 Å². The fourth-order valence-electron chi connectivity index (χ4n) is 3.83. The first-order valence-electron chi connectivity index (χ1n) is 9.79. The van der Waals surface area contributed by atoms with Gasteiger partial charge in [0.05, 0.1) is 19.3 Å². The maximum atomic E-state index is 12.4. The summed E-state index contributed by atoms with van der Waals surface area (Å²) in [7, 11) is 1.57. The van der Waals surface area contributed by atoms with Crippen LogP contribution < -0.4 is 14.8 Å². The van der Waals surface area contributed by atoms with E-state index in [9.17, 15) is 4.79 Å². The Balaban J connectivity index is 1.48. The van der Waals surface area contributed by atoms with Gasteiger partial charge in [0.2, 0.25) is 11.8 Å². The summed E-state index contributed by atoms with van der Waals surface area (Å²) in [6.45, 7) is 2.56. The Morgan fingerprint density at radius 3 is 2.89 bits per heavy atom. The minimum Gasteiger partial charge on any atom is -0.487 e. The molecule has 6 nitrogen and oxygen atoms in total. The van der Waals surface area contributed by atoms with Crippen LogP contribution in [0.4, 0.5) is 0 Å². The molecule has 0 radical (unpaired) electrons. The van der Waals surface area contributed by atoms with Gasteiger partial charge in [-0.25, -0.2) is 0 Å². The maximum Gasteiger partial charge on any atom is 0.247 e. The van der Waals surface area contributed by atoms with E-state index >= 15 is 0 Å². The van der Waals surface area contributed by atoms with E-state index < -0.39 is 0 Å². The monoisotopic (exact) mass is 379 g/mol. The molecular weight excluding hydrogens is 354 g/mol. The molecule has 1 aliphatic heterocycles. The standard InChI is InChI=1S/C22H25N3O3/c1-14-10-16-12-17(13-23-22(26)15-6-4-3-5-7-15)28-21(16)18(11-14)19-8-9-20(27-2)25-24-19/h6,8-11,17H,3-5,7,12-13H2,1-2H3,(H,23,26)/t17-/m1/s1. The number of ether oxygens (including phenoxy) is 2. The molecule has 1 amide bonds. The molecule has 0 unspecified atom stereocenters. The second-order valence-electron chi connectivity index (χ2n) is 7.39. The predicted octanol–water partition coefficient (Wildman–Crippen LogP) is 3.38. The third kappa shape index (κ3) is 3.86.